The number of carbonyl (C=O) groups excluding carboxylic acids is 1. The van der Waals surface area contributed by atoms with E-state index < -0.39 is 11.0 Å². The molecule has 0 saturated heterocycles. The average molecular weight is 382 g/mol. The molecule has 1 fully saturated rings. The first-order chi connectivity index (χ1) is 13.1. The lowest BCUT2D eigenvalue weighted by atomic mass is 9.91. The van der Waals surface area contributed by atoms with Crippen molar-refractivity contribution in [1.29, 1.82) is 0 Å². The van der Waals surface area contributed by atoms with Gasteiger partial charge in [0.2, 0.25) is 0 Å². The minimum atomic E-state index is -1.14. The fourth-order valence-corrected chi connectivity index (χ4v) is 4.98. The van der Waals surface area contributed by atoms with Crippen LogP contribution in [0.25, 0.3) is 10.9 Å². The van der Waals surface area contributed by atoms with Crippen LogP contribution in [-0.4, -0.2) is 47.5 Å². The van der Waals surface area contributed by atoms with Crippen molar-refractivity contribution in [3.8, 4) is 0 Å². The van der Waals surface area contributed by atoms with Crippen LogP contribution in [0.3, 0.4) is 0 Å². The van der Waals surface area contributed by atoms with Gasteiger partial charge < -0.3 is 4.90 Å². The third kappa shape index (κ3) is 2.81. The van der Waals surface area contributed by atoms with Crippen LogP contribution in [0.4, 0.5) is 0 Å². The van der Waals surface area contributed by atoms with Gasteiger partial charge in [0.15, 0.2) is 0 Å². The van der Waals surface area contributed by atoms with Gasteiger partial charge in [0.25, 0.3) is 5.91 Å². The summed E-state index contributed by atoms with van der Waals surface area (Å²) < 4.78 is 13.7. The third-order valence-corrected chi connectivity index (χ3v) is 6.64. The number of H-pyrrole nitrogens is 1. The fraction of sp³-hybridized carbons (Fsp3) is 0.400. The summed E-state index contributed by atoms with van der Waals surface area (Å²) in [6.07, 6.45) is 10.3. The normalized spacial score (nSPS) is 20.4. The summed E-state index contributed by atoms with van der Waals surface area (Å²) in [7, 11) is -1.14. The molecule has 5 rings (SSSR count). The molecular formula is C20H22N4O2S. The van der Waals surface area contributed by atoms with Gasteiger partial charge in [-0.05, 0) is 55.9 Å². The molecule has 2 aliphatic rings. The molecule has 0 bridgehead atoms. The Morgan fingerprint density at radius 2 is 2.11 bits per heavy atom. The molecule has 0 spiro atoms. The van der Waals surface area contributed by atoms with Crippen LogP contribution in [-0.2, 0) is 23.8 Å². The highest BCUT2D eigenvalue weighted by Crippen LogP contribution is 2.35. The Morgan fingerprint density at radius 3 is 2.89 bits per heavy atom. The molecule has 2 aliphatic carbocycles. The number of hydrogen-bond acceptors (Lipinski definition) is 3. The van der Waals surface area contributed by atoms with E-state index in [9.17, 15) is 9.00 Å². The standard InChI is InChI=1S/C20H22N4O2S/c1-27(26)23-10-9-16-17(3-2-4-19(16)23)20(25)24(14-5-6-14)15-7-8-18-13(11-15)12-21-22-18/h2-4,9-10,12,14-15H,5-8,11H2,1H3,(H,21,22). The van der Waals surface area contributed by atoms with Crippen molar-refractivity contribution in [3.63, 3.8) is 0 Å². The number of rotatable bonds is 4. The van der Waals surface area contributed by atoms with Crippen molar-refractivity contribution in [2.45, 2.75) is 44.2 Å². The van der Waals surface area contributed by atoms with Crippen molar-refractivity contribution < 1.29 is 9.00 Å². The summed E-state index contributed by atoms with van der Waals surface area (Å²) in [5.74, 6) is 0.0969. The van der Waals surface area contributed by atoms with Crippen molar-refractivity contribution in [1.82, 2.24) is 19.1 Å². The highest BCUT2D eigenvalue weighted by molar-refractivity contribution is 7.82. The van der Waals surface area contributed by atoms with Crippen LogP contribution in [0.2, 0.25) is 0 Å². The van der Waals surface area contributed by atoms with Crippen molar-refractivity contribution in [3.05, 3.63) is 53.5 Å². The lowest BCUT2D eigenvalue weighted by molar-refractivity contribution is 0.0645. The number of carbonyl (C=O) groups is 1. The van der Waals surface area contributed by atoms with Crippen LogP contribution in [0.1, 0.15) is 40.9 Å². The number of nitrogens with zero attached hydrogens (tertiary/aromatic N) is 3. The molecule has 1 aromatic carbocycles. The molecule has 2 heterocycles. The van der Waals surface area contributed by atoms with Gasteiger partial charge in [-0.15, -0.1) is 0 Å². The minimum Gasteiger partial charge on any atom is -0.332 e. The summed E-state index contributed by atoms with van der Waals surface area (Å²) in [4.78, 5) is 15.7. The monoisotopic (exact) mass is 382 g/mol. The van der Waals surface area contributed by atoms with Gasteiger partial charge >= 0.3 is 0 Å². The summed E-state index contributed by atoms with van der Waals surface area (Å²) in [5, 5.41) is 8.11. The summed E-state index contributed by atoms with van der Waals surface area (Å²) in [6.45, 7) is 0. The number of nitrogens with one attached hydrogen (secondary N) is 1. The molecule has 1 amide bonds. The van der Waals surface area contributed by atoms with E-state index in [1.807, 2.05) is 30.5 Å². The smallest absolute Gasteiger partial charge is 0.255 e. The molecule has 0 aliphatic heterocycles. The number of benzene rings is 1. The average Bonchev–Trinajstić information content (AvgIpc) is 3.21. The molecule has 1 saturated carbocycles. The van der Waals surface area contributed by atoms with E-state index in [-0.39, 0.29) is 11.9 Å². The molecule has 2 unspecified atom stereocenters. The Balaban J connectivity index is 1.52. The number of hydrogen-bond donors (Lipinski definition) is 1. The lowest BCUT2D eigenvalue weighted by Gasteiger charge is -2.34. The van der Waals surface area contributed by atoms with E-state index in [4.69, 9.17) is 0 Å². The first-order valence-corrected chi connectivity index (χ1v) is 10.9. The summed E-state index contributed by atoms with van der Waals surface area (Å²) in [5.41, 5.74) is 3.99. The van der Waals surface area contributed by atoms with Crippen molar-refractivity contribution in [2.24, 2.45) is 0 Å². The van der Waals surface area contributed by atoms with E-state index in [1.54, 1.807) is 16.4 Å². The van der Waals surface area contributed by atoms with Gasteiger partial charge in [0, 0.05) is 41.2 Å². The van der Waals surface area contributed by atoms with Gasteiger partial charge in [0.05, 0.1) is 11.7 Å². The summed E-state index contributed by atoms with van der Waals surface area (Å²) >= 11 is 0. The number of aryl methyl sites for hydroxylation is 1. The van der Waals surface area contributed by atoms with Crippen LogP contribution in [0, 0.1) is 0 Å². The molecule has 7 heteroatoms. The zero-order chi connectivity index (χ0) is 18.5. The first-order valence-electron chi connectivity index (χ1n) is 9.41. The van der Waals surface area contributed by atoms with E-state index in [0.717, 1.165) is 43.0 Å². The molecule has 0 radical (unpaired) electrons. The largest absolute Gasteiger partial charge is 0.332 e. The van der Waals surface area contributed by atoms with Crippen molar-refractivity contribution >= 4 is 27.8 Å². The van der Waals surface area contributed by atoms with Crippen LogP contribution in [0.15, 0.2) is 36.7 Å². The van der Waals surface area contributed by atoms with Crippen LogP contribution < -0.4 is 0 Å². The fourth-order valence-electron chi connectivity index (χ4n) is 4.31. The maximum Gasteiger partial charge on any atom is 0.255 e. The zero-order valence-electron chi connectivity index (χ0n) is 15.2. The van der Waals surface area contributed by atoms with Crippen LogP contribution >= 0.6 is 0 Å². The quantitative estimate of drug-likeness (QED) is 0.754. The van der Waals surface area contributed by atoms with Gasteiger partial charge in [-0.2, -0.15) is 5.10 Å². The molecule has 140 valence electrons. The molecule has 2 atom stereocenters. The minimum absolute atomic E-state index is 0.0969. The number of fused-ring (bicyclic) bond motifs is 2. The van der Waals surface area contributed by atoms with Gasteiger partial charge in [-0.25, -0.2) is 4.21 Å². The molecule has 27 heavy (non-hydrogen) atoms. The third-order valence-electron chi connectivity index (χ3n) is 5.76. The molecule has 6 nitrogen and oxygen atoms in total. The Hall–Kier alpha value is -2.41. The molecule has 1 N–H and O–H groups in total. The Morgan fingerprint density at radius 1 is 1.26 bits per heavy atom. The molecule has 2 aromatic heterocycles. The van der Waals surface area contributed by atoms with Crippen LogP contribution in [0.5, 0.6) is 0 Å². The second-order valence-corrected chi connectivity index (χ2v) is 8.76. The zero-order valence-corrected chi connectivity index (χ0v) is 16.0. The second-order valence-electron chi connectivity index (χ2n) is 7.52. The Kier molecular flexibility index (Phi) is 3.93. The van der Waals surface area contributed by atoms with E-state index in [1.165, 1.54) is 11.3 Å². The highest BCUT2D eigenvalue weighted by atomic mass is 32.2. The number of aromatic nitrogens is 3. The van der Waals surface area contributed by atoms with Gasteiger partial charge in [-0.1, -0.05) is 6.07 Å². The maximum atomic E-state index is 13.6. The van der Waals surface area contributed by atoms with E-state index >= 15 is 0 Å². The first kappa shape index (κ1) is 16.7. The predicted octanol–water partition coefficient (Wildman–Crippen LogP) is 2.67. The topological polar surface area (TPSA) is 71.0 Å². The van der Waals surface area contributed by atoms with E-state index in [2.05, 4.69) is 15.1 Å². The lowest BCUT2D eigenvalue weighted by Crippen LogP contribution is -2.44. The predicted molar refractivity (Wildman–Crippen MR) is 105 cm³/mol. The second kappa shape index (κ2) is 6.34. The van der Waals surface area contributed by atoms with Gasteiger partial charge in [0.1, 0.15) is 11.0 Å². The SMILES string of the molecule is CS(=O)n1ccc2c(C(=O)N(C3CC3)C3CCc4[nH]ncc4C3)cccc21. The maximum absolute atomic E-state index is 13.6. The number of amides is 1. The summed E-state index contributed by atoms with van der Waals surface area (Å²) in [6, 6.07) is 8.17. The Labute approximate surface area is 160 Å². The van der Waals surface area contributed by atoms with Gasteiger partial charge in [-0.3, -0.25) is 13.9 Å². The highest BCUT2D eigenvalue weighted by Gasteiger charge is 2.39. The van der Waals surface area contributed by atoms with Crippen molar-refractivity contribution in [2.75, 3.05) is 6.26 Å². The van der Waals surface area contributed by atoms with E-state index in [0.29, 0.717) is 11.6 Å². The molecule has 3 aromatic rings. The molecular weight excluding hydrogens is 360 g/mol. The Bertz CT molecular complexity index is 1050. The number of aromatic amines is 1.